The average Bonchev–Trinajstić information content (AvgIpc) is 3.37. The van der Waals surface area contributed by atoms with E-state index in [2.05, 4.69) is 10.6 Å². The van der Waals surface area contributed by atoms with Gasteiger partial charge in [-0.3, -0.25) is 9.59 Å². The monoisotopic (exact) mass is 483 g/mol. The molecular formula is C24H35F2N3O5. The van der Waals surface area contributed by atoms with Crippen LogP contribution in [0.3, 0.4) is 0 Å². The highest BCUT2D eigenvalue weighted by Crippen LogP contribution is 2.26. The zero-order valence-electron chi connectivity index (χ0n) is 19.6. The lowest BCUT2D eigenvalue weighted by Crippen LogP contribution is -2.56. The van der Waals surface area contributed by atoms with Crippen molar-refractivity contribution in [1.82, 2.24) is 15.5 Å². The number of aliphatic hydroxyl groups is 3. The molecule has 0 radical (unpaired) electrons. The van der Waals surface area contributed by atoms with Crippen LogP contribution in [0.4, 0.5) is 8.78 Å². The lowest BCUT2D eigenvalue weighted by molar-refractivity contribution is -0.141. The van der Waals surface area contributed by atoms with E-state index >= 15 is 0 Å². The van der Waals surface area contributed by atoms with Crippen molar-refractivity contribution in [2.24, 2.45) is 5.92 Å². The average molecular weight is 484 g/mol. The third-order valence-corrected chi connectivity index (χ3v) is 6.85. The van der Waals surface area contributed by atoms with Crippen LogP contribution in [0, 0.1) is 17.6 Å². The molecule has 2 saturated heterocycles. The molecule has 3 rings (SSSR count). The molecule has 7 atom stereocenters. The van der Waals surface area contributed by atoms with Gasteiger partial charge in [0.2, 0.25) is 11.8 Å². The Labute approximate surface area is 198 Å². The Kier molecular flexibility index (Phi) is 8.97. The largest absolute Gasteiger partial charge is 0.392 e. The van der Waals surface area contributed by atoms with Crippen LogP contribution in [0.1, 0.15) is 45.1 Å². The first-order valence-electron chi connectivity index (χ1n) is 11.9. The summed E-state index contributed by atoms with van der Waals surface area (Å²) in [4.78, 5) is 27.3. The first-order chi connectivity index (χ1) is 16.1. The third kappa shape index (κ3) is 6.29. The number of nitrogens with zero attached hydrogens (tertiary/aromatic N) is 1. The zero-order valence-corrected chi connectivity index (χ0v) is 19.6. The van der Waals surface area contributed by atoms with Gasteiger partial charge in [-0.15, -0.1) is 0 Å². The van der Waals surface area contributed by atoms with Crippen molar-refractivity contribution in [2.75, 3.05) is 13.1 Å². The maximum Gasteiger partial charge on any atom is 0.242 e. The predicted molar refractivity (Wildman–Crippen MR) is 121 cm³/mol. The summed E-state index contributed by atoms with van der Waals surface area (Å²) < 4.78 is 27.5. The molecule has 2 fully saturated rings. The second kappa shape index (κ2) is 11.5. The number of carbonyl (C=O) groups excluding carboxylic acids is 2. The molecule has 0 aliphatic carbocycles. The molecule has 8 nitrogen and oxygen atoms in total. The number of nitrogens with one attached hydrogen (secondary N) is 2. The Hall–Kier alpha value is -2.14. The maximum absolute atomic E-state index is 13.7. The molecule has 2 aliphatic rings. The molecule has 2 aliphatic heterocycles. The fraction of sp³-hybridized carbons (Fsp3) is 0.667. The maximum atomic E-state index is 13.7. The van der Waals surface area contributed by atoms with Crippen LogP contribution in [-0.4, -0.2) is 81.6 Å². The summed E-state index contributed by atoms with van der Waals surface area (Å²) in [6, 6.07) is 0.728. The Bertz CT molecular complexity index is 853. The van der Waals surface area contributed by atoms with E-state index in [9.17, 15) is 33.7 Å². The fourth-order valence-corrected chi connectivity index (χ4v) is 4.94. The Morgan fingerprint density at radius 2 is 1.94 bits per heavy atom. The van der Waals surface area contributed by atoms with Crippen LogP contribution in [0.2, 0.25) is 0 Å². The number of β-amino-alcohol motifs (C(OH)–C–C–N with tert-alkyl or cyclic N) is 1. The topological polar surface area (TPSA) is 122 Å². The fourth-order valence-electron chi connectivity index (χ4n) is 4.94. The van der Waals surface area contributed by atoms with Crippen molar-refractivity contribution in [3.63, 3.8) is 0 Å². The van der Waals surface area contributed by atoms with E-state index in [4.69, 9.17) is 0 Å². The van der Waals surface area contributed by atoms with Crippen molar-refractivity contribution in [3.05, 3.63) is 35.4 Å². The van der Waals surface area contributed by atoms with Crippen LogP contribution in [0.15, 0.2) is 18.2 Å². The van der Waals surface area contributed by atoms with Gasteiger partial charge in [-0.25, -0.2) is 8.78 Å². The number of carbonyl (C=O) groups is 2. The van der Waals surface area contributed by atoms with E-state index in [1.807, 2.05) is 6.92 Å². The van der Waals surface area contributed by atoms with E-state index in [1.165, 1.54) is 4.90 Å². The zero-order chi connectivity index (χ0) is 25.0. The molecule has 0 aromatic heterocycles. The van der Waals surface area contributed by atoms with Gasteiger partial charge in [-0.05, 0) is 50.3 Å². The van der Waals surface area contributed by atoms with Crippen LogP contribution in [-0.2, 0) is 16.0 Å². The lowest BCUT2D eigenvalue weighted by Gasteiger charge is -2.31. The van der Waals surface area contributed by atoms with Crippen molar-refractivity contribution in [2.45, 2.75) is 82.4 Å². The minimum Gasteiger partial charge on any atom is -0.392 e. The van der Waals surface area contributed by atoms with Gasteiger partial charge in [-0.2, -0.15) is 0 Å². The van der Waals surface area contributed by atoms with Crippen molar-refractivity contribution in [1.29, 1.82) is 0 Å². The molecule has 1 aromatic rings. The highest BCUT2D eigenvalue weighted by atomic mass is 19.1. The number of likely N-dealkylation sites (tertiary alicyclic amines) is 1. The van der Waals surface area contributed by atoms with Gasteiger partial charge >= 0.3 is 0 Å². The number of hydrogen-bond donors (Lipinski definition) is 5. The molecule has 5 N–H and O–H groups in total. The second-order valence-electron chi connectivity index (χ2n) is 9.45. The van der Waals surface area contributed by atoms with E-state index in [0.29, 0.717) is 19.4 Å². The molecule has 0 saturated carbocycles. The predicted octanol–water partition coefficient (Wildman–Crippen LogP) is 0.474. The van der Waals surface area contributed by atoms with Gasteiger partial charge in [-0.1, -0.05) is 13.3 Å². The molecule has 34 heavy (non-hydrogen) atoms. The van der Waals surface area contributed by atoms with E-state index < -0.39 is 59.9 Å². The van der Waals surface area contributed by atoms with Crippen molar-refractivity contribution >= 4 is 11.8 Å². The molecule has 10 heteroatoms. The van der Waals surface area contributed by atoms with Gasteiger partial charge in [0.05, 0.1) is 30.3 Å². The van der Waals surface area contributed by atoms with E-state index in [-0.39, 0.29) is 30.9 Å². The normalized spacial score (nSPS) is 26.4. The van der Waals surface area contributed by atoms with E-state index in [0.717, 1.165) is 24.6 Å². The molecule has 0 spiro atoms. The Morgan fingerprint density at radius 1 is 1.26 bits per heavy atom. The number of halogens is 2. The second-order valence-corrected chi connectivity index (χ2v) is 9.45. The van der Waals surface area contributed by atoms with Crippen LogP contribution in [0.5, 0.6) is 0 Å². The van der Waals surface area contributed by atoms with E-state index in [1.54, 1.807) is 6.92 Å². The Morgan fingerprint density at radius 3 is 2.53 bits per heavy atom. The van der Waals surface area contributed by atoms with Gasteiger partial charge < -0.3 is 30.9 Å². The number of benzene rings is 1. The highest BCUT2D eigenvalue weighted by Gasteiger charge is 2.41. The summed E-state index contributed by atoms with van der Waals surface area (Å²) in [7, 11) is 0. The quantitative estimate of drug-likeness (QED) is 0.330. The summed E-state index contributed by atoms with van der Waals surface area (Å²) in [6.07, 6.45) is -0.625. The van der Waals surface area contributed by atoms with Crippen LogP contribution >= 0.6 is 0 Å². The molecular weight excluding hydrogens is 448 g/mol. The molecule has 190 valence electrons. The van der Waals surface area contributed by atoms with Crippen molar-refractivity contribution < 1.29 is 33.7 Å². The van der Waals surface area contributed by atoms with Gasteiger partial charge in [0.25, 0.3) is 0 Å². The summed E-state index contributed by atoms with van der Waals surface area (Å²) in [5.74, 6) is -2.88. The summed E-state index contributed by atoms with van der Waals surface area (Å²) >= 11 is 0. The third-order valence-electron chi connectivity index (χ3n) is 6.85. The van der Waals surface area contributed by atoms with Crippen LogP contribution in [0.25, 0.3) is 0 Å². The number of hydrogen-bond acceptors (Lipinski definition) is 6. The molecule has 2 heterocycles. The first-order valence-corrected chi connectivity index (χ1v) is 11.9. The first kappa shape index (κ1) is 26.5. The van der Waals surface area contributed by atoms with Crippen LogP contribution < -0.4 is 10.6 Å². The summed E-state index contributed by atoms with van der Waals surface area (Å²) in [6.45, 7) is 4.12. The molecule has 0 unspecified atom stereocenters. The molecule has 2 amide bonds. The Balaban J connectivity index is 1.73. The summed E-state index contributed by atoms with van der Waals surface area (Å²) in [5, 5.41) is 36.8. The highest BCUT2D eigenvalue weighted by molar-refractivity contribution is 5.89. The molecule has 0 bridgehead atoms. The standard InChI is InChI=1S/C24H35F2N3O5/c1-3-4-21(31)18-5-6-29(24(18)34)13(2)23(33)28-20(22(32)19-11-17(30)12-27-19)9-14-7-15(25)10-16(26)8-14/h7-8,10,13,17-22,27,30-32H,3-6,9,11-12H2,1-2H3,(H,28,33)/t13-,17-,18+,19+,20-,21+,22+/m0/s1. The van der Waals surface area contributed by atoms with Gasteiger partial charge in [0, 0.05) is 25.2 Å². The minimum atomic E-state index is -1.15. The van der Waals surface area contributed by atoms with Crippen molar-refractivity contribution in [3.8, 4) is 0 Å². The molecule has 1 aromatic carbocycles. The number of aliphatic hydroxyl groups excluding tert-OH is 3. The minimum absolute atomic E-state index is 0.0473. The lowest BCUT2D eigenvalue weighted by atomic mass is 9.94. The van der Waals surface area contributed by atoms with Gasteiger partial charge in [0.1, 0.15) is 17.7 Å². The number of rotatable bonds is 10. The summed E-state index contributed by atoms with van der Waals surface area (Å²) in [5.41, 5.74) is 0.257. The number of amides is 2. The smallest absolute Gasteiger partial charge is 0.242 e. The SMILES string of the molecule is CCC[C@@H](O)[C@H]1CCN([C@@H](C)C(=O)N[C@@H](Cc2cc(F)cc(F)c2)[C@H](O)[C@H]2C[C@H](O)CN2)C1=O. The van der Waals surface area contributed by atoms with Gasteiger partial charge in [0.15, 0.2) is 0 Å².